The summed E-state index contributed by atoms with van der Waals surface area (Å²) in [5, 5.41) is 11.8. The van der Waals surface area contributed by atoms with Crippen LogP contribution in [-0.4, -0.2) is 30.7 Å². The predicted octanol–water partition coefficient (Wildman–Crippen LogP) is 0.250. The van der Waals surface area contributed by atoms with Gasteiger partial charge in [-0.15, -0.1) is 0 Å². The van der Waals surface area contributed by atoms with Gasteiger partial charge in [0.1, 0.15) is 0 Å². The SMILES string of the molecule is CC(CN)CC(=O)NCC1(CCO)CC1. The molecule has 1 saturated carbocycles. The highest BCUT2D eigenvalue weighted by molar-refractivity contribution is 5.76. The molecule has 0 radical (unpaired) electrons. The Morgan fingerprint density at radius 3 is 2.73 bits per heavy atom. The van der Waals surface area contributed by atoms with Crippen LogP contribution in [0.5, 0.6) is 0 Å². The van der Waals surface area contributed by atoms with Gasteiger partial charge < -0.3 is 16.2 Å². The fourth-order valence-electron chi connectivity index (χ4n) is 1.69. The van der Waals surface area contributed by atoms with Crippen LogP contribution in [0.15, 0.2) is 0 Å². The number of rotatable bonds is 7. The van der Waals surface area contributed by atoms with E-state index in [2.05, 4.69) is 5.32 Å². The number of nitrogens with two attached hydrogens (primary N) is 1. The first-order chi connectivity index (χ1) is 7.12. The van der Waals surface area contributed by atoms with E-state index in [1.807, 2.05) is 6.92 Å². The molecule has 0 bridgehead atoms. The molecule has 0 spiro atoms. The zero-order valence-corrected chi connectivity index (χ0v) is 9.46. The molecule has 4 nitrogen and oxygen atoms in total. The molecule has 88 valence electrons. The van der Waals surface area contributed by atoms with Crippen molar-refractivity contribution in [2.75, 3.05) is 19.7 Å². The molecule has 4 heteroatoms. The molecular formula is C11H22N2O2. The lowest BCUT2D eigenvalue weighted by atomic mass is 10.0. The van der Waals surface area contributed by atoms with E-state index in [0.717, 1.165) is 19.3 Å². The van der Waals surface area contributed by atoms with E-state index in [0.29, 0.717) is 19.5 Å². The van der Waals surface area contributed by atoms with Gasteiger partial charge in [-0.25, -0.2) is 0 Å². The smallest absolute Gasteiger partial charge is 0.220 e. The van der Waals surface area contributed by atoms with Crippen molar-refractivity contribution in [3.05, 3.63) is 0 Å². The van der Waals surface area contributed by atoms with E-state index < -0.39 is 0 Å². The Hall–Kier alpha value is -0.610. The highest BCUT2D eigenvalue weighted by Gasteiger charge is 2.41. The van der Waals surface area contributed by atoms with Crippen LogP contribution in [0.2, 0.25) is 0 Å². The molecule has 1 unspecified atom stereocenters. The number of amides is 1. The molecule has 15 heavy (non-hydrogen) atoms. The maximum atomic E-state index is 11.5. The fraction of sp³-hybridized carbons (Fsp3) is 0.909. The van der Waals surface area contributed by atoms with Crippen LogP contribution in [0, 0.1) is 11.3 Å². The minimum absolute atomic E-state index is 0.0807. The Labute approximate surface area is 91.2 Å². The molecule has 1 amide bonds. The van der Waals surface area contributed by atoms with Crippen LogP contribution in [0.1, 0.15) is 32.6 Å². The lowest BCUT2D eigenvalue weighted by molar-refractivity contribution is -0.122. The second-order valence-corrected chi connectivity index (χ2v) is 4.80. The zero-order valence-electron chi connectivity index (χ0n) is 9.46. The van der Waals surface area contributed by atoms with E-state index in [4.69, 9.17) is 10.8 Å². The van der Waals surface area contributed by atoms with Crippen molar-refractivity contribution in [2.24, 2.45) is 17.1 Å². The van der Waals surface area contributed by atoms with Crippen molar-refractivity contribution in [1.82, 2.24) is 5.32 Å². The normalized spacial score (nSPS) is 19.7. The van der Waals surface area contributed by atoms with Crippen LogP contribution in [0.25, 0.3) is 0 Å². The lowest BCUT2D eigenvalue weighted by Gasteiger charge is -2.15. The Balaban J connectivity index is 2.16. The summed E-state index contributed by atoms with van der Waals surface area (Å²) in [6.07, 6.45) is 3.56. The molecule has 1 fully saturated rings. The van der Waals surface area contributed by atoms with Gasteiger partial charge in [0.15, 0.2) is 0 Å². The molecule has 0 aromatic carbocycles. The number of hydrogen-bond acceptors (Lipinski definition) is 3. The van der Waals surface area contributed by atoms with E-state index in [9.17, 15) is 4.79 Å². The Morgan fingerprint density at radius 1 is 1.60 bits per heavy atom. The van der Waals surface area contributed by atoms with E-state index in [1.165, 1.54) is 0 Å². The minimum atomic E-state index is 0.0807. The van der Waals surface area contributed by atoms with Gasteiger partial charge in [-0.05, 0) is 37.1 Å². The van der Waals surface area contributed by atoms with Crippen molar-refractivity contribution in [2.45, 2.75) is 32.6 Å². The molecule has 1 rings (SSSR count). The van der Waals surface area contributed by atoms with Gasteiger partial charge in [0.05, 0.1) is 0 Å². The summed E-state index contributed by atoms with van der Waals surface area (Å²) in [5.41, 5.74) is 5.65. The summed E-state index contributed by atoms with van der Waals surface area (Å²) in [5.74, 6) is 0.329. The summed E-state index contributed by atoms with van der Waals surface area (Å²) in [4.78, 5) is 11.5. The monoisotopic (exact) mass is 214 g/mol. The summed E-state index contributed by atoms with van der Waals surface area (Å²) in [7, 11) is 0. The van der Waals surface area contributed by atoms with Crippen molar-refractivity contribution >= 4 is 5.91 Å². The van der Waals surface area contributed by atoms with Gasteiger partial charge in [-0.3, -0.25) is 4.79 Å². The van der Waals surface area contributed by atoms with Crippen LogP contribution in [0.4, 0.5) is 0 Å². The van der Waals surface area contributed by atoms with Gasteiger partial charge in [0.25, 0.3) is 0 Å². The van der Waals surface area contributed by atoms with Crippen LogP contribution < -0.4 is 11.1 Å². The lowest BCUT2D eigenvalue weighted by Crippen LogP contribution is -2.32. The van der Waals surface area contributed by atoms with Gasteiger partial charge in [-0.1, -0.05) is 6.92 Å². The molecule has 1 atom stereocenters. The van der Waals surface area contributed by atoms with Gasteiger partial charge in [0, 0.05) is 19.6 Å². The number of nitrogens with one attached hydrogen (secondary N) is 1. The molecule has 0 saturated heterocycles. The Bertz CT molecular complexity index is 215. The van der Waals surface area contributed by atoms with Crippen LogP contribution in [0.3, 0.4) is 0 Å². The molecule has 1 aliphatic carbocycles. The van der Waals surface area contributed by atoms with E-state index in [-0.39, 0.29) is 23.8 Å². The molecule has 0 aliphatic heterocycles. The van der Waals surface area contributed by atoms with Crippen molar-refractivity contribution in [1.29, 1.82) is 0 Å². The largest absolute Gasteiger partial charge is 0.396 e. The predicted molar refractivity (Wildman–Crippen MR) is 59.2 cm³/mol. The maximum Gasteiger partial charge on any atom is 0.220 e. The van der Waals surface area contributed by atoms with E-state index in [1.54, 1.807) is 0 Å². The summed E-state index contributed by atoms with van der Waals surface area (Å²) >= 11 is 0. The fourth-order valence-corrected chi connectivity index (χ4v) is 1.69. The summed E-state index contributed by atoms with van der Waals surface area (Å²) in [6.45, 7) is 3.45. The van der Waals surface area contributed by atoms with Crippen LogP contribution >= 0.6 is 0 Å². The molecule has 4 N–H and O–H groups in total. The third-order valence-electron chi connectivity index (χ3n) is 3.20. The van der Waals surface area contributed by atoms with Gasteiger partial charge in [0.2, 0.25) is 5.91 Å². The van der Waals surface area contributed by atoms with Crippen LogP contribution in [-0.2, 0) is 4.79 Å². The third-order valence-corrected chi connectivity index (χ3v) is 3.20. The average Bonchev–Trinajstić information content (AvgIpc) is 2.96. The first-order valence-corrected chi connectivity index (χ1v) is 5.69. The number of carbonyl (C=O) groups is 1. The maximum absolute atomic E-state index is 11.5. The van der Waals surface area contributed by atoms with Crippen molar-refractivity contribution < 1.29 is 9.90 Å². The third kappa shape index (κ3) is 4.18. The number of aliphatic hydroxyl groups is 1. The number of carbonyl (C=O) groups excluding carboxylic acids is 1. The molecular weight excluding hydrogens is 192 g/mol. The van der Waals surface area contributed by atoms with E-state index >= 15 is 0 Å². The minimum Gasteiger partial charge on any atom is -0.396 e. The average molecular weight is 214 g/mol. The van der Waals surface area contributed by atoms with Crippen molar-refractivity contribution in [3.63, 3.8) is 0 Å². The molecule has 1 aliphatic rings. The number of hydrogen-bond donors (Lipinski definition) is 3. The highest BCUT2D eigenvalue weighted by atomic mass is 16.3. The quantitative estimate of drug-likeness (QED) is 0.568. The Morgan fingerprint density at radius 2 is 2.27 bits per heavy atom. The molecule has 0 heterocycles. The topological polar surface area (TPSA) is 75.4 Å². The second kappa shape index (κ2) is 5.47. The van der Waals surface area contributed by atoms with Gasteiger partial charge >= 0.3 is 0 Å². The van der Waals surface area contributed by atoms with Crippen molar-refractivity contribution in [3.8, 4) is 0 Å². The first-order valence-electron chi connectivity index (χ1n) is 5.69. The number of aliphatic hydroxyl groups excluding tert-OH is 1. The summed E-state index contributed by atoms with van der Waals surface area (Å²) < 4.78 is 0. The molecule has 0 aromatic rings. The van der Waals surface area contributed by atoms with Gasteiger partial charge in [-0.2, -0.15) is 0 Å². The molecule has 0 aromatic heterocycles. The zero-order chi connectivity index (χ0) is 11.3. The summed E-state index contributed by atoms with van der Waals surface area (Å²) in [6, 6.07) is 0. The highest BCUT2D eigenvalue weighted by Crippen LogP contribution is 2.47. The Kier molecular flexibility index (Phi) is 4.54. The second-order valence-electron chi connectivity index (χ2n) is 4.80. The standard InChI is InChI=1S/C11H22N2O2/c1-9(7-12)6-10(15)13-8-11(2-3-11)4-5-14/h9,14H,2-8,12H2,1H3,(H,13,15). The first kappa shape index (κ1) is 12.5.